The number of aliphatic hydroxyl groups excluding tert-OH is 1. The molecule has 0 aliphatic carbocycles. The zero-order valence-corrected chi connectivity index (χ0v) is 27.0. The van der Waals surface area contributed by atoms with E-state index in [9.17, 15) is 5.11 Å². The van der Waals surface area contributed by atoms with Crippen molar-refractivity contribution in [1.82, 2.24) is 4.98 Å². The molecule has 40 heavy (non-hydrogen) atoms. The van der Waals surface area contributed by atoms with Gasteiger partial charge in [0.1, 0.15) is 24.4 Å². The van der Waals surface area contributed by atoms with E-state index in [-0.39, 0.29) is 33.9 Å². The fourth-order valence-electron chi connectivity index (χ4n) is 7.13. The number of ether oxygens (including phenoxy) is 1. The van der Waals surface area contributed by atoms with Gasteiger partial charge in [-0.1, -0.05) is 53.7 Å². The first-order valence-electron chi connectivity index (χ1n) is 14.6. The van der Waals surface area contributed by atoms with E-state index in [1.165, 1.54) is 23.1 Å². The van der Waals surface area contributed by atoms with Crippen LogP contribution in [0, 0.1) is 11.8 Å². The summed E-state index contributed by atoms with van der Waals surface area (Å²) in [6.07, 6.45) is 5.64. The topological polar surface area (TPSA) is 42.4 Å². The van der Waals surface area contributed by atoms with E-state index >= 15 is 0 Å². The van der Waals surface area contributed by atoms with Crippen molar-refractivity contribution in [3.63, 3.8) is 0 Å². The second-order valence-electron chi connectivity index (χ2n) is 14.2. The summed E-state index contributed by atoms with van der Waals surface area (Å²) in [4.78, 5) is 4.58. The van der Waals surface area contributed by atoms with E-state index < -0.39 is 6.10 Å². The summed E-state index contributed by atoms with van der Waals surface area (Å²) in [5.74, 6) is 1.86. The highest BCUT2D eigenvalue weighted by molar-refractivity contribution is 5.83. The van der Waals surface area contributed by atoms with Crippen molar-refractivity contribution >= 4 is 10.9 Å². The molecule has 6 rings (SSSR count). The first-order chi connectivity index (χ1) is 18.3. The Morgan fingerprint density at radius 2 is 1.73 bits per heavy atom. The summed E-state index contributed by atoms with van der Waals surface area (Å²) in [5, 5.41) is 13.2. The van der Waals surface area contributed by atoms with Gasteiger partial charge in [0.15, 0.2) is 0 Å². The molecule has 0 radical (unpaired) electrons. The molecule has 2 bridgehead atoms. The van der Waals surface area contributed by atoms with Crippen LogP contribution in [0.1, 0.15) is 82.7 Å². The number of pyridine rings is 1. The van der Waals surface area contributed by atoms with Gasteiger partial charge in [0.05, 0.1) is 25.7 Å². The fourth-order valence-corrected chi connectivity index (χ4v) is 7.13. The zero-order chi connectivity index (χ0) is 28.2. The number of methoxy groups -OCH3 is 1. The highest BCUT2D eigenvalue weighted by atomic mass is 79.9. The van der Waals surface area contributed by atoms with Crippen molar-refractivity contribution in [2.24, 2.45) is 11.8 Å². The van der Waals surface area contributed by atoms with Gasteiger partial charge in [0.2, 0.25) is 0 Å². The smallest absolute Gasteiger partial charge is 0.131 e. The standard InChI is InChI=1S/C35H47N2O2.BrH/c1-9-24-22-37(21-23-16-26(34(2,3)4)19-27(17-23)35(5,6)7)15-13-25(24)18-32(37)33(38)29-12-14-36-31-11-10-28(39-8)20-30(29)31;/h9-12,14,16-17,19-20,24-25,32-33,38H,1,13,15,18,21-22H2,2-8H3;1H/q+1;/p-1/t24?,25?,32-,33+,37?;/m0./s1. The molecule has 3 fully saturated rings. The first-order valence-corrected chi connectivity index (χ1v) is 14.6. The number of hydrogen-bond acceptors (Lipinski definition) is 3. The minimum absolute atomic E-state index is 0. The van der Waals surface area contributed by atoms with E-state index in [1.807, 2.05) is 30.5 Å². The molecule has 1 N–H and O–H groups in total. The fraction of sp³-hybridized carbons (Fsp3) is 0.514. The minimum Gasteiger partial charge on any atom is -1.00 e. The molecule has 3 aliphatic heterocycles. The summed E-state index contributed by atoms with van der Waals surface area (Å²) >= 11 is 0. The Bertz CT molecular complexity index is 1340. The molecule has 216 valence electrons. The lowest BCUT2D eigenvalue weighted by Gasteiger charge is -2.58. The summed E-state index contributed by atoms with van der Waals surface area (Å²) in [7, 11) is 1.69. The molecular formula is C35H47BrN2O2. The molecule has 0 saturated carbocycles. The first kappa shape index (κ1) is 30.7. The van der Waals surface area contributed by atoms with Crippen LogP contribution in [-0.4, -0.2) is 40.8 Å². The van der Waals surface area contributed by atoms with Gasteiger partial charge in [0, 0.05) is 35.9 Å². The number of halogens is 1. The Labute approximate surface area is 251 Å². The Morgan fingerprint density at radius 3 is 2.33 bits per heavy atom. The number of benzene rings is 2. The maximum absolute atomic E-state index is 12.2. The average Bonchev–Trinajstić information content (AvgIpc) is 2.90. The van der Waals surface area contributed by atoms with Gasteiger partial charge in [-0.05, 0) is 69.8 Å². The second-order valence-corrected chi connectivity index (χ2v) is 14.2. The Hall–Kier alpha value is -2.21. The second kappa shape index (κ2) is 11.2. The highest BCUT2D eigenvalue weighted by Crippen LogP contribution is 2.48. The van der Waals surface area contributed by atoms with Crippen molar-refractivity contribution < 1.29 is 31.3 Å². The predicted octanol–water partition coefficient (Wildman–Crippen LogP) is 4.49. The van der Waals surface area contributed by atoms with E-state index in [0.29, 0.717) is 11.8 Å². The summed E-state index contributed by atoms with van der Waals surface area (Å²) in [6.45, 7) is 21.1. The van der Waals surface area contributed by atoms with Crippen LogP contribution in [0.3, 0.4) is 0 Å². The third kappa shape index (κ3) is 5.75. The molecule has 3 aromatic rings. The van der Waals surface area contributed by atoms with E-state index in [1.54, 1.807) is 7.11 Å². The van der Waals surface area contributed by atoms with Gasteiger partial charge in [-0.2, -0.15) is 0 Å². The Kier molecular flexibility index (Phi) is 8.63. The van der Waals surface area contributed by atoms with Crippen LogP contribution in [0.2, 0.25) is 0 Å². The molecule has 3 unspecified atom stereocenters. The maximum atomic E-state index is 12.2. The van der Waals surface area contributed by atoms with Crippen LogP contribution in [0.15, 0.2) is 61.3 Å². The number of fused-ring (bicyclic) bond motifs is 4. The number of hydrogen-bond donors (Lipinski definition) is 1. The molecule has 1 aromatic heterocycles. The van der Waals surface area contributed by atoms with Crippen molar-refractivity contribution in [1.29, 1.82) is 0 Å². The van der Waals surface area contributed by atoms with Crippen LogP contribution in [0.25, 0.3) is 10.9 Å². The van der Waals surface area contributed by atoms with Gasteiger partial charge in [-0.25, -0.2) is 0 Å². The van der Waals surface area contributed by atoms with E-state index in [4.69, 9.17) is 4.74 Å². The van der Waals surface area contributed by atoms with Crippen molar-refractivity contribution in [3.8, 4) is 5.75 Å². The molecule has 0 amide bonds. The quantitative estimate of drug-likeness (QED) is 0.332. The summed E-state index contributed by atoms with van der Waals surface area (Å²) < 4.78 is 6.43. The molecule has 5 heteroatoms. The lowest BCUT2D eigenvalue weighted by atomic mass is 9.71. The molecule has 2 aromatic carbocycles. The molecule has 5 atom stereocenters. The van der Waals surface area contributed by atoms with Crippen LogP contribution in [-0.2, 0) is 17.4 Å². The molecule has 0 spiro atoms. The lowest BCUT2D eigenvalue weighted by molar-refractivity contribution is -0.984. The van der Waals surface area contributed by atoms with Crippen LogP contribution in [0.5, 0.6) is 5.75 Å². The number of rotatable bonds is 6. The Balaban J connectivity index is 0.00000370. The van der Waals surface area contributed by atoms with Crippen LogP contribution >= 0.6 is 0 Å². The largest absolute Gasteiger partial charge is 1.00 e. The van der Waals surface area contributed by atoms with Crippen LogP contribution in [0.4, 0.5) is 0 Å². The molecule has 4 nitrogen and oxygen atoms in total. The van der Waals surface area contributed by atoms with E-state index in [2.05, 4.69) is 77.4 Å². The highest BCUT2D eigenvalue weighted by Gasteiger charge is 2.54. The lowest BCUT2D eigenvalue weighted by Crippen LogP contribution is -3.00. The minimum atomic E-state index is -0.580. The van der Waals surface area contributed by atoms with Crippen LogP contribution < -0.4 is 21.7 Å². The van der Waals surface area contributed by atoms with E-state index in [0.717, 1.165) is 52.8 Å². The zero-order valence-electron chi connectivity index (χ0n) is 25.4. The predicted molar refractivity (Wildman–Crippen MR) is 161 cm³/mol. The van der Waals surface area contributed by atoms with Gasteiger partial charge in [-0.3, -0.25) is 4.98 Å². The number of piperidine rings is 3. The number of aliphatic hydroxyl groups is 1. The molecule has 4 heterocycles. The molecule has 3 saturated heterocycles. The number of quaternary nitrogens is 1. The van der Waals surface area contributed by atoms with Gasteiger partial charge in [-0.15, -0.1) is 6.58 Å². The monoisotopic (exact) mass is 606 g/mol. The van der Waals surface area contributed by atoms with Crippen molar-refractivity contribution in [2.75, 3.05) is 20.2 Å². The number of aromatic nitrogens is 1. The molecule has 3 aliphatic rings. The summed E-state index contributed by atoms with van der Waals surface area (Å²) in [6, 6.07) is 15.3. The van der Waals surface area contributed by atoms with Crippen molar-refractivity contribution in [2.45, 2.75) is 83.9 Å². The third-order valence-corrected chi connectivity index (χ3v) is 9.56. The third-order valence-electron chi connectivity index (χ3n) is 9.56. The number of nitrogens with zero attached hydrogens (tertiary/aromatic N) is 2. The van der Waals surface area contributed by atoms with Crippen molar-refractivity contribution in [3.05, 3.63) is 83.6 Å². The van der Waals surface area contributed by atoms with Gasteiger partial charge < -0.3 is 31.3 Å². The normalized spacial score (nSPS) is 25.4. The maximum Gasteiger partial charge on any atom is 0.131 e. The average molecular weight is 608 g/mol. The SMILES string of the molecule is C=CC1C[N+]2(Cc3cc(C(C)(C)C)cc(C(C)(C)C)c3)CCC1C[C@H]2[C@H](O)c1ccnc2ccc(OC)cc12.[Br-]. The summed E-state index contributed by atoms with van der Waals surface area (Å²) in [5.41, 5.74) is 6.16. The van der Waals surface area contributed by atoms with Gasteiger partial charge >= 0.3 is 0 Å². The van der Waals surface area contributed by atoms with Gasteiger partial charge in [0.25, 0.3) is 0 Å². The Morgan fingerprint density at radius 1 is 1.05 bits per heavy atom. The molecular weight excluding hydrogens is 560 g/mol.